The molecule has 0 aliphatic carbocycles. The predicted octanol–water partition coefficient (Wildman–Crippen LogP) is 3.93. The number of nitrogens with zero attached hydrogens (tertiary/aromatic N) is 7. The minimum atomic E-state index is -0.0834. The molecule has 2 atom stereocenters. The van der Waals surface area contributed by atoms with Crippen molar-refractivity contribution in [3.05, 3.63) is 77.7 Å². The Labute approximate surface area is 234 Å². The highest BCUT2D eigenvalue weighted by Gasteiger charge is 2.46. The maximum Gasteiger partial charge on any atom is 0.293 e. The van der Waals surface area contributed by atoms with E-state index in [0.29, 0.717) is 5.82 Å². The van der Waals surface area contributed by atoms with Gasteiger partial charge in [-0.15, -0.1) is 5.10 Å². The largest absolute Gasteiger partial charge is 0.384 e. The van der Waals surface area contributed by atoms with Crippen LogP contribution in [-0.4, -0.2) is 69.7 Å². The summed E-state index contributed by atoms with van der Waals surface area (Å²) in [4.78, 5) is 29.4. The fourth-order valence-electron chi connectivity index (χ4n) is 6.98. The highest BCUT2D eigenvalue weighted by atomic mass is 16.2. The summed E-state index contributed by atoms with van der Waals surface area (Å²) in [5.41, 5.74) is 10.4. The molecular weight excluding hydrogens is 500 g/mol. The third kappa shape index (κ3) is 4.24. The molecule has 0 bridgehead atoms. The van der Waals surface area contributed by atoms with E-state index < -0.39 is 0 Å². The molecule has 9 heteroatoms. The summed E-state index contributed by atoms with van der Waals surface area (Å²) < 4.78 is 1.80. The number of aromatic nitrogens is 4. The summed E-state index contributed by atoms with van der Waals surface area (Å²) in [5.74, 6) is 1.64. The van der Waals surface area contributed by atoms with Crippen LogP contribution in [0.1, 0.15) is 47.9 Å². The standard InChI is InChI=1S/C31H36N8O/c1-22-17-24(36-14-11-30(2,19-36)23-7-4-3-5-8-23)18-39-28(22)34-27(35-39)29(40)38-16-13-31(21-38)12-15-37(20-31)26-10-6-9-25(32)33-26/h3-10,17-18H,11-16,19-21H2,1-2H3,(H2,32,33)/t30-,31?/m0/s1. The molecular formula is C31H36N8O. The maximum absolute atomic E-state index is 13.6. The number of carbonyl (C=O) groups is 1. The van der Waals surface area contributed by atoms with Gasteiger partial charge in [-0.3, -0.25) is 4.79 Å². The molecule has 3 aliphatic rings. The van der Waals surface area contributed by atoms with Gasteiger partial charge in [-0.05, 0) is 55.5 Å². The van der Waals surface area contributed by atoms with Gasteiger partial charge in [0.15, 0.2) is 5.65 Å². The molecule has 2 N–H and O–H groups in total. The molecule has 1 spiro atoms. The second kappa shape index (κ2) is 9.21. The summed E-state index contributed by atoms with van der Waals surface area (Å²) in [5, 5.41) is 4.69. The molecule has 3 saturated heterocycles. The SMILES string of the molecule is Cc1cc(N2CC[C@](C)(c3ccccc3)C2)cn2nc(C(=O)N3CCC4(CCN(c5cccc(N)n5)C4)C3)nc12. The van der Waals surface area contributed by atoms with Crippen LogP contribution in [0.3, 0.4) is 0 Å². The lowest BCUT2D eigenvalue weighted by molar-refractivity contribution is 0.0764. The Morgan fingerprint density at radius 2 is 1.70 bits per heavy atom. The first-order chi connectivity index (χ1) is 19.3. The quantitative estimate of drug-likeness (QED) is 0.422. The predicted molar refractivity (Wildman–Crippen MR) is 157 cm³/mol. The number of likely N-dealkylation sites (tertiary alicyclic amines) is 1. The molecule has 1 unspecified atom stereocenters. The van der Waals surface area contributed by atoms with Crippen LogP contribution in [0.25, 0.3) is 5.65 Å². The van der Waals surface area contributed by atoms with Crippen LogP contribution in [0.5, 0.6) is 0 Å². The number of amides is 1. The average molecular weight is 537 g/mol. The van der Waals surface area contributed by atoms with Crippen molar-refractivity contribution in [3.63, 3.8) is 0 Å². The van der Waals surface area contributed by atoms with E-state index >= 15 is 0 Å². The Morgan fingerprint density at radius 1 is 0.900 bits per heavy atom. The minimum absolute atomic E-state index is 0.0747. The van der Waals surface area contributed by atoms with Crippen LogP contribution >= 0.6 is 0 Å². The van der Waals surface area contributed by atoms with E-state index in [-0.39, 0.29) is 22.6 Å². The summed E-state index contributed by atoms with van der Waals surface area (Å²) in [6.45, 7) is 9.57. The van der Waals surface area contributed by atoms with Crippen molar-refractivity contribution in [2.45, 2.75) is 38.5 Å². The van der Waals surface area contributed by atoms with Crippen LogP contribution in [-0.2, 0) is 5.41 Å². The number of nitrogen functional groups attached to an aromatic ring is 1. The number of benzene rings is 1. The van der Waals surface area contributed by atoms with Crippen molar-refractivity contribution in [2.24, 2.45) is 5.41 Å². The molecule has 4 aromatic rings. The molecule has 0 saturated carbocycles. The van der Waals surface area contributed by atoms with Gasteiger partial charge < -0.3 is 20.4 Å². The van der Waals surface area contributed by atoms with Gasteiger partial charge in [0.25, 0.3) is 5.91 Å². The summed E-state index contributed by atoms with van der Waals surface area (Å²) >= 11 is 0. The van der Waals surface area contributed by atoms with Gasteiger partial charge in [0.1, 0.15) is 11.6 Å². The van der Waals surface area contributed by atoms with E-state index in [9.17, 15) is 4.79 Å². The molecule has 7 rings (SSSR count). The van der Waals surface area contributed by atoms with Crippen LogP contribution in [0.4, 0.5) is 17.3 Å². The number of pyridine rings is 2. The molecule has 9 nitrogen and oxygen atoms in total. The van der Waals surface area contributed by atoms with E-state index in [0.717, 1.165) is 81.2 Å². The van der Waals surface area contributed by atoms with Gasteiger partial charge in [-0.25, -0.2) is 14.5 Å². The monoisotopic (exact) mass is 536 g/mol. The minimum Gasteiger partial charge on any atom is -0.384 e. The number of aryl methyl sites for hydroxylation is 1. The molecule has 3 aliphatic heterocycles. The average Bonchev–Trinajstić information content (AvgIpc) is 3.76. The fourth-order valence-corrected chi connectivity index (χ4v) is 6.98. The first-order valence-corrected chi connectivity index (χ1v) is 14.3. The molecule has 1 amide bonds. The van der Waals surface area contributed by atoms with Crippen molar-refractivity contribution in [3.8, 4) is 0 Å². The van der Waals surface area contributed by atoms with Gasteiger partial charge in [0.2, 0.25) is 5.82 Å². The highest BCUT2D eigenvalue weighted by molar-refractivity contribution is 5.91. The van der Waals surface area contributed by atoms with Crippen LogP contribution in [0.15, 0.2) is 60.8 Å². The Morgan fingerprint density at radius 3 is 2.52 bits per heavy atom. The lowest BCUT2D eigenvalue weighted by Crippen LogP contribution is -2.34. The number of hydrogen-bond donors (Lipinski definition) is 1. The van der Waals surface area contributed by atoms with E-state index in [1.807, 2.05) is 29.3 Å². The number of nitrogens with two attached hydrogens (primary N) is 1. The van der Waals surface area contributed by atoms with Crippen molar-refractivity contribution >= 4 is 28.9 Å². The van der Waals surface area contributed by atoms with Gasteiger partial charge in [-0.2, -0.15) is 0 Å². The number of anilines is 3. The zero-order chi connectivity index (χ0) is 27.5. The number of rotatable bonds is 4. The Balaban J connectivity index is 1.07. The molecule has 3 fully saturated rings. The highest BCUT2D eigenvalue weighted by Crippen LogP contribution is 2.41. The number of hydrogen-bond acceptors (Lipinski definition) is 7. The normalized spacial score (nSPS) is 24.6. The molecule has 3 aromatic heterocycles. The smallest absolute Gasteiger partial charge is 0.293 e. The molecule has 1 aromatic carbocycles. The Kier molecular flexibility index (Phi) is 5.73. The van der Waals surface area contributed by atoms with Gasteiger partial charge in [-0.1, -0.05) is 43.3 Å². The lowest BCUT2D eigenvalue weighted by atomic mass is 9.82. The molecule has 40 heavy (non-hydrogen) atoms. The van der Waals surface area contributed by atoms with Crippen LogP contribution in [0, 0.1) is 12.3 Å². The molecule has 0 radical (unpaired) electrons. The molecule has 206 valence electrons. The van der Waals surface area contributed by atoms with Crippen LogP contribution < -0.4 is 15.5 Å². The zero-order valence-electron chi connectivity index (χ0n) is 23.3. The number of fused-ring (bicyclic) bond motifs is 1. The zero-order valence-corrected chi connectivity index (χ0v) is 23.3. The second-order valence-electron chi connectivity index (χ2n) is 12.3. The van der Waals surface area contributed by atoms with Gasteiger partial charge in [0.05, 0.1) is 11.9 Å². The van der Waals surface area contributed by atoms with Crippen molar-refractivity contribution in [1.29, 1.82) is 0 Å². The number of carbonyl (C=O) groups excluding carboxylic acids is 1. The summed E-state index contributed by atoms with van der Waals surface area (Å²) in [7, 11) is 0. The van der Waals surface area contributed by atoms with Gasteiger partial charge in [0, 0.05) is 50.1 Å². The van der Waals surface area contributed by atoms with Crippen LogP contribution in [0.2, 0.25) is 0 Å². The second-order valence-corrected chi connectivity index (χ2v) is 12.3. The van der Waals surface area contributed by atoms with E-state index in [4.69, 9.17) is 10.7 Å². The Bertz CT molecular complexity index is 1590. The van der Waals surface area contributed by atoms with E-state index in [1.54, 1.807) is 4.52 Å². The van der Waals surface area contributed by atoms with Crippen molar-refractivity contribution < 1.29 is 4.79 Å². The summed E-state index contributed by atoms with van der Waals surface area (Å²) in [6, 6.07) is 18.7. The lowest BCUT2D eigenvalue weighted by Gasteiger charge is -2.26. The topological polar surface area (TPSA) is 95.9 Å². The first-order valence-electron chi connectivity index (χ1n) is 14.3. The Hall–Kier alpha value is -4.14. The van der Waals surface area contributed by atoms with E-state index in [1.165, 1.54) is 5.56 Å². The van der Waals surface area contributed by atoms with Crippen molar-refractivity contribution in [2.75, 3.05) is 54.8 Å². The maximum atomic E-state index is 13.6. The first kappa shape index (κ1) is 24.9. The van der Waals surface area contributed by atoms with Crippen molar-refractivity contribution in [1.82, 2.24) is 24.5 Å². The third-order valence-electron chi connectivity index (χ3n) is 9.35. The summed E-state index contributed by atoms with van der Waals surface area (Å²) in [6.07, 6.45) is 5.13. The van der Waals surface area contributed by atoms with Gasteiger partial charge >= 0.3 is 0 Å². The third-order valence-corrected chi connectivity index (χ3v) is 9.35. The van der Waals surface area contributed by atoms with E-state index in [2.05, 4.69) is 70.1 Å². The fraction of sp³-hybridized carbons (Fsp3) is 0.419. The molecule has 6 heterocycles.